The van der Waals surface area contributed by atoms with Crippen LogP contribution in [0.2, 0.25) is 0 Å². The molecular weight excluding hydrogens is 234 g/mol. The van der Waals surface area contributed by atoms with Gasteiger partial charge in [-0.3, -0.25) is 0 Å². The van der Waals surface area contributed by atoms with Crippen LogP contribution in [-0.4, -0.2) is 18.1 Å². The second kappa shape index (κ2) is 8.15. The molecule has 0 bridgehead atoms. The lowest BCUT2D eigenvalue weighted by Crippen LogP contribution is -2.16. The van der Waals surface area contributed by atoms with Crippen molar-refractivity contribution < 1.29 is 0 Å². The molecule has 1 N–H and O–H groups in total. The molecule has 0 aromatic carbocycles. The third kappa shape index (κ3) is 5.37. The van der Waals surface area contributed by atoms with Gasteiger partial charge in [-0.05, 0) is 35.6 Å². The van der Waals surface area contributed by atoms with Crippen LogP contribution in [0.3, 0.4) is 0 Å². The van der Waals surface area contributed by atoms with E-state index in [0.29, 0.717) is 0 Å². The highest BCUT2D eigenvalue weighted by molar-refractivity contribution is 7.99. The minimum Gasteiger partial charge on any atom is -0.311 e. The number of thiophene rings is 1. The number of rotatable bonds is 8. The molecule has 1 nitrogen and oxygen atoms in total. The van der Waals surface area contributed by atoms with Crippen LogP contribution >= 0.6 is 23.1 Å². The molecule has 1 aromatic rings. The summed E-state index contributed by atoms with van der Waals surface area (Å²) in [7, 11) is 0. The fourth-order valence-electron chi connectivity index (χ4n) is 1.33. The molecule has 1 heterocycles. The Hall–Kier alpha value is 0.0100. The van der Waals surface area contributed by atoms with Crippen molar-refractivity contribution in [2.24, 2.45) is 5.92 Å². The number of thioether (sulfide) groups is 1. The van der Waals surface area contributed by atoms with Gasteiger partial charge in [0.1, 0.15) is 0 Å². The van der Waals surface area contributed by atoms with Crippen molar-refractivity contribution in [3.63, 3.8) is 0 Å². The van der Waals surface area contributed by atoms with Gasteiger partial charge < -0.3 is 5.32 Å². The highest BCUT2D eigenvalue weighted by Crippen LogP contribution is 2.15. The first kappa shape index (κ1) is 14.1. The van der Waals surface area contributed by atoms with E-state index in [1.165, 1.54) is 28.4 Å². The molecule has 1 rings (SSSR count). The van der Waals surface area contributed by atoms with Gasteiger partial charge in [-0.2, -0.15) is 11.8 Å². The third-order valence-electron chi connectivity index (χ3n) is 2.78. The first-order chi connectivity index (χ1) is 7.74. The van der Waals surface area contributed by atoms with Crippen molar-refractivity contribution in [2.75, 3.05) is 18.1 Å². The smallest absolute Gasteiger partial charge is 0.0302 e. The van der Waals surface area contributed by atoms with Gasteiger partial charge in [0.25, 0.3) is 0 Å². The van der Waals surface area contributed by atoms with Crippen molar-refractivity contribution in [1.82, 2.24) is 5.32 Å². The van der Waals surface area contributed by atoms with E-state index in [1.807, 2.05) is 11.3 Å². The van der Waals surface area contributed by atoms with E-state index in [2.05, 4.69) is 49.3 Å². The van der Waals surface area contributed by atoms with E-state index in [0.717, 1.165) is 19.0 Å². The predicted molar refractivity (Wildman–Crippen MR) is 77.5 cm³/mol. The standard InChI is InChI=1S/C13H23NS2/c1-4-11(2)10-15-8-6-14-9-13-12(3)5-7-16-13/h5,7,11,14H,4,6,8-10H2,1-3H3. The Morgan fingerprint density at radius 2 is 2.31 bits per heavy atom. The van der Waals surface area contributed by atoms with Gasteiger partial charge >= 0.3 is 0 Å². The molecule has 92 valence electrons. The zero-order chi connectivity index (χ0) is 11.8. The van der Waals surface area contributed by atoms with Crippen LogP contribution in [-0.2, 0) is 6.54 Å². The molecule has 0 saturated heterocycles. The zero-order valence-electron chi connectivity index (χ0n) is 10.6. The Bertz CT molecular complexity index is 283. The molecule has 0 saturated carbocycles. The monoisotopic (exact) mass is 257 g/mol. The lowest BCUT2D eigenvalue weighted by atomic mass is 10.2. The Morgan fingerprint density at radius 1 is 1.50 bits per heavy atom. The van der Waals surface area contributed by atoms with Gasteiger partial charge in [0, 0.05) is 23.7 Å². The summed E-state index contributed by atoms with van der Waals surface area (Å²) in [6, 6.07) is 2.19. The SMILES string of the molecule is CCC(C)CSCCNCc1sccc1C. The maximum Gasteiger partial charge on any atom is 0.0302 e. The number of hydrogen-bond acceptors (Lipinski definition) is 3. The molecule has 0 radical (unpaired) electrons. The summed E-state index contributed by atoms with van der Waals surface area (Å²) in [6.07, 6.45) is 1.30. The molecule has 16 heavy (non-hydrogen) atoms. The van der Waals surface area contributed by atoms with Crippen molar-refractivity contribution in [3.05, 3.63) is 21.9 Å². The zero-order valence-corrected chi connectivity index (χ0v) is 12.2. The molecule has 0 amide bonds. The fraction of sp³-hybridized carbons (Fsp3) is 0.692. The third-order valence-corrected chi connectivity index (χ3v) is 5.10. The van der Waals surface area contributed by atoms with Crippen molar-refractivity contribution in [2.45, 2.75) is 33.7 Å². The van der Waals surface area contributed by atoms with Crippen molar-refractivity contribution >= 4 is 23.1 Å². The molecule has 0 fully saturated rings. The first-order valence-electron chi connectivity index (χ1n) is 6.05. The Morgan fingerprint density at radius 3 is 2.94 bits per heavy atom. The van der Waals surface area contributed by atoms with Gasteiger partial charge in [0.15, 0.2) is 0 Å². The van der Waals surface area contributed by atoms with Crippen LogP contribution < -0.4 is 5.32 Å². The molecule has 0 aliphatic heterocycles. The fourth-order valence-corrected chi connectivity index (χ4v) is 3.30. The summed E-state index contributed by atoms with van der Waals surface area (Å²) in [5, 5.41) is 5.68. The molecule has 1 aromatic heterocycles. The Kier molecular flexibility index (Phi) is 7.17. The van der Waals surface area contributed by atoms with E-state index >= 15 is 0 Å². The lowest BCUT2D eigenvalue weighted by Gasteiger charge is -2.08. The topological polar surface area (TPSA) is 12.0 Å². The summed E-state index contributed by atoms with van der Waals surface area (Å²) in [4.78, 5) is 1.48. The number of nitrogens with one attached hydrogen (secondary N) is 1. The Labute approximate surface area is 108 Å². The second-order valence-corrected chi connectivity index (χ2v) is 6.44. The van der Waals surface area contributed by atoms with Crippen LogP contribution in [0.15, 0.2) is 11.4 Å². The van der Waals surface area contributed by atoms with Gasteiger partial charge in [0.05, 0.1) is 0 Å². The Balaban J connectivity index is 1.98. The van der Waals surface area contributed by atoms with Crippen LogP contribution in [0.25, 0.3) is 0 Å². The van der Waals surface area contributed by atoms with E-state index in [9.17, 15) is 0 Å². The minimum atomic E-state index is 0.865. The first-order valence-corrected chi connectivity index (χ1v) is 8.09. The van der Waals surface area contributed by atoms with Gasteiger partial charge in [-0.25, -0.2) is 0 Å². The average molecular weight is 257 g/mol. The number of hydrogen-bond donors (Lipinski definition) is 1. The lowest BCUT2D eigenvalue weighted by molar-refractivity contribution is 0.636. The quantitative estimate of drug-likeness (QED) is 0.708. The second-order valence-electron chi connectivity index (χ2n) is 4.29. The van der Waals surface area contributed by atoms with Crippen LogP contribution in [0.4, 0.5) is 0 Å². The van der Waals surface area contributed by atoms with Crippen LogP contribution in [0, 0.1) is 12.8 Å². The summed E-state index contributed by atoms with van der Waals surface area (Å²) >= 11 is 3.92. The van der Waals surface area contributed by atoms with Crippen molar-refractivity contribution in [3.8, 4) is 0 Å². The van der Waals surface area contributed by atoms with Crippen LogP contribution in [0.1, 0.15) is 30.7 Å². The van der Waals surface area contributed by atoms with Gasteiger partial charge in [-0.15, -0.1) is 11.3 Å². The molecule has 1 unspecified atom stereocenters. The minimum absolute atomic E-state index is 0.865. The predicted octanol–water partition coefficient (Wildman–Crippen LogP) is 3.93. The van der Waals surface area contributed by atoms with Gasteiger partial charge in [0.2, 0.25) is 0 Å². The maximum atomic E-state index is 3.51. The van der Waals surface area contributed by atoms with E-state index in [-0.39, 0.29) is 0 Å². The van der Waals surface area contributed by atoms with Crippen molar-refractivity contribution in [1.29, 1.82) is 0 Å². The van der Waals surface area contributed by atoms with E-state index in [4.69, 9.17) is 0 Å². The largest absolute Gasteiger partial charge is 0.311 e. The normalized spacial score (nSPS) is 12.9. The van der Waals surface area contributed by atoms with Crippen LogP contribution in [0.5, 0.6) is 0 Å². The summed E-state index contributed by atoms with van der Waals surface area (Å²) in [6.45, 7) is 8.94. The van der Waals surface area contributed by atoms with E-state index in [1.54, 1.807) is 0 Å². The van der Waals surface area contributed by atoms with Gasteiger partial charge in [-0.1, -0.05) is 20.3 Å². The highest BCUT2D eigenvalue weighted by atomic mass is 32.2. The molecule has 0 aliphatic carbocycles. The summed E-state index contributed by atoms with van der Waals surface area (Å²) in [5.41, 5.74) is 1.42. The molecule has 0 spiro atoms. The molecule has 1 atom stereocenters. The number of aryl methyl sites for hydroxylation is 1. The maximum absolute atomic E-state index is 3.51. The highest BCUT2D eigenvalue weighted by Gasteiger charge is 2.00. The van der Waals surface area contributed by atoms with E-state index < -0.39 is 0 Å². The summed E-state index contributed by atoms with van der Waals surface area (Å²) in [5.74, 6) is 3.40. The molecule has 0 aliphatic rings. The molecule has 3 heteroatoms. The summed E-state index contributed by atoms with van der Waals surface area (Å²) < 4.78 is 0. The average Bonchev–Trinajstić information content (AvgIpc) is 2.69. The molecular formula is C13H23NS2.